The number of carbonyl (C=O) groups is 5. The van der Waals surface area contributed by atoms with E-state index in [1.807, 2.05) is 23.9 Å². The average Bonchev–Trinajstić information content (AvgIpc) is 4.01. The molecule has 2 heterocycles. The minimum atomic E-state index is -0.162. The van der Waals surface area contributed by atoms with Crippen molar-refractivity contribution in [2.75, 3.05) is 32.1 Å². The molecule has 2 aliphatic carbocycles. The Bertz CT molecular complexity index is 1760. The maximum absolute atomic E-state index is 12.7. The van der Waals surface area contributed by atoms with E-state index in [-0.39, 0.29) is 67.1 Å². The molecule has 4 fully saturated rings. The monoisotopic (exact) mass is 909 g/mol. The molecule has 63 heavy (non-hydrogen) atoms. The van der Waals surface area contributed by atoms with Crippen LogP contribution < -0.4 is 36.1 Å². The van der Waals surface area contributed by atoms with Crippen molar-refractivity contribution in [3.05, 3.63) is 59.1 Å². The van der Waals surface area contributed by atoms with Gasteiger partial charge in [-0.05, 0) is 137 Å². The van der Waals surface area contributed by atoms with E-state index in [0.29, 0.717) is 59.6 Å². The molecule has 2 unspecified atom stereocenters. The van der Waals surface area contributed by atoms with Crippen LogP contribution in [0, 0.1) is 5.92 Å². The van der Waals surface area contributed by atoms with Crippen LogP contribution in [0.15, 0.2) is 48.5 Å². The summed E-state index contributed by atoms with van der Waals surface area (Å²) in [4.78, 5) is 61.0. The van der Waals surface area contributed by atoms with E-state index in [2.05, 4.69) is 38.7 Å². The van der Waals surface area contributed by atoms with Gasteiger partial charge in [0.2, 0.25) is 5.91 Å². The maximum Gasteiger partial charge on any atom is 0.315 e. The number of ether oxygens (including phenoxy) is 3. The zero-order chi connectivity index (χ0) is 44.2. The number of hydrogen-bond acceptors (Lipinski definition) is 9. The number of thioether (sulfide) groups is 1. The van der Waals surface area contributed by atoms with E-state index in [9.17, 15) is 24.0 Å². The zero-order valence-electron chi connectivity index (χ0n) is 36.7. The van der Waals surface area contributed by atoms with Gasteiger partial charge in [-0.15, -0.1) is 0 Å². The molecule has 2 aromatic rings. The Morgan fingerprint density at radius 1 is 0.683 bits per heavy atom. The average molecular weight is 911 g/mol. The Morgan fingerprint density at radius 2 is 1.32 bits per heavy atom. The summed E-state index contributed by atoms with van der Waals surface area (Å²) in [6, 6.07) is 15.6. The summed E-state index contributed by atoms with van der Waals surface area (Å²) in [6.45, 7) is 1.00. The van der Waals surface area contributed by atoms with Crippen LogP contribution in [0.1, 0.15) is 133 Å². The number of benzene rings is 2. The van der Waals surface area contributed by atoms with Gasteiger partial charge < -0.3 is 40.8 Å². The second-order valence-electron chi connectivity index (χ2n) is 17.8. The van der Waals surface area contributed by atoms with E-state index in [4.69, 9.17) is 25.8 Å². The zero-order valence-corrected chi connectivity index (χ0v) is 38.3. The van der Waals surface area contributed by atoms with Crippen LogP contribution in [0.5, 0.6) is 11.5 Å². The van der Waals surface area contributed by atoms with Crippen molar-refractivity contribution in [1.82, 2.24) is 26.6 Å². The molecule has 0 spiro atoms. The van der Waals surface area contributed by atoms with Crippen LogP contribution in [0.2, 0.25) is 5.02 Å². The lowest BCUT2D eigenvalue weighted by molar-refractivity contribution is -0.144. The first kappa shape index (κ1) is 48.3. The molecule has 2 aromatic carbocycles. The highest BCUT2D eigenvalue weighted by Crippen LogP contribution is 2.41. The Kier molecular flexibility index (Phi) is 19.9. The molecule has 15 heteroatoms. The number of esters is 1. The smallest absolute Gasteiger partial charge is 0.315 e. The van der Waals surface area contributed by atoms with Crippen LogP contribution >= 0.6 is 23.4 Å². The summed E-state index contributed by atoms with van der Waals surface area (Å²) in [5.41, 5.74) is 1.32. The summed E-state index contributed by atoms with van der Waals surface area (Å²) in [6.07, 6.45) is 17.4. The van der Waals surface area contributed by atoms with E-state index in [0.717, 1.165) is 89.2 Å². The standard InChI is InChI=1S/C48H68ClN5O8S/c49-36-17-25-40(26-18-36)62-31-45(57)52-38-21-19-37(20-22-38)51-44(56)30-61-39-23-15-34(16-24-39)35-14-13-33(29-35)9-3-1-4-12-46(58)60-28-8-2-7-27-50-43(55)11-6-5-10-42-47-41(32-63-42)53-48(59)54-47/h15-18,23-26,33,35,37-38,41-42,47H,1-14,19-22,27-32H2,(H,50,55)(H,51,56)(H,52,57)(H2,53,54,59)/t33?,35?,37?,38?,41-,42+,47-/m0/s1. The molecule has 5 N–H and O–H groups in total. The second kappa shape index (κ2) is 26.0. The molecule has 2 saturated heterocycles. The first-order valence-electron chi connectivity index (χ1n) is 23.5. The molecule has 2 saturated carbocycles. The Morgan fingerprint density at radius 3 is 2.02 bits per heavy atom. The SMILES string of the molecule is O=C(CCCC[C@H]1SC[C@@H]2NC(=O)N[C@@H]21)NCCCCCOC(=O)CCCCCC1CCC(c2ccc(OCC(=O)NC3CCC(NC(=O)COc4ccc(Cl)cc4)CC3)cc2)C1. The predicted octanol–water partition coefficient (Wildman–Crippen LogP) is 7.73. The molecule has 4 aliphatic rings. The molecule has 5 amide bonds. The van der Waals surface area contributed by atoms with Crippen molar-refractivity contribution in [3.63, 3.8) is 0 Å². The summed E-state index contributed by atoms with van der Waals surface area (Å²) >= 11 is 7.80. The van der Waals surface area contributed by atoms with E-state index >= 15 is 0 Å². The molecule has 13 nitrogen and oxygen atoms in total. The highest BCUT2D eigenvalue weighted by atomic mass is 35.5. The lowest BCUT2D eigenvalue weighted by Gasteiger charge is -2.29. The first-order valence-corrected chi connectivity index (χ1v) is 24.9. The summed E-state index contributed by atoms with van der Waals surface area (Å²) in [7, 11) is 0. The molecular formula is C48H68ClN5O8S. The third-order valence-corrected chi connectivity index (χ3v) is 14.6. The van der Waals surface area contributed by atoms with Crippen LogP contribution in [-0.4, -0.2) is 91.3 Å². The van der Waals surface area contributed by atoms with Gasteiger partial charge in [-0.25, -0.2) is 4.79 Å². The molecule has 0 bridgehead atoms. The van der Waals surface area contributed by atoms with Crippen LogP contribution in [0.4, 0.5) is 4.79 Å². The second-order valence-corrected chi connectivity index (χ2v) is 19.5. The number of unbranched alkanes of at least 4 members (excludes halogenated alkanes) is 5. The molecular weight excluding hydrogens is 842 g/mol. The summed E-state index contributed by atoms with van der Waals surface area (Å²) in [5, 5.41) is 16.2. The molecule has 5 atom stereocenters. The fourth-order valence-electron chi connectivity index (χ4n) is 9.36. The topological polar surface area (TPSA) is 173 Å². The van der Waals surface area contributed by atoms with Crippen LogP contribution in [-0.2, 0) is 23.9 Å². The number of carbonyl (C=O) groups excluding carboxylic acids is 5. The number of halogens is 1. The Labute approximate surface area is 382 Å². The van der Waals surface area contributed by atoms with Gasteiger partial charge in [0.1, 0.15) is 11.5 Å². The minimum absolute atomic E-state index is 0.0321. The number of fused-ring (bicyclic) bond motifs is 1. The third-order valence-electron chi connectivity index (χ3n) is 12.9. The van der Waals surface area contributed by atoms with Gasteiger partial charge >= 0.3 is 12.0 Å². The molecule has 346 valence electrons. The van der Waals surface area contributed by atoms with Crippen molar-refractivity contribution < 1.29 is 38.2 Å². The molecule has 6 rings (SSSR count). The van der Waals surface area contributed by atoms with Crippen LogP contribution in [0.25, 0.3) is 0 Å². The maximum atomic E-state index is 12.7. The van der Waals surface area contributed by atoms with Gasteiger partial charge in [0.25, 0.3) is 11.8 Å². The van der Waals surface area contributed by atoms with Crippen LogP contribution in [0.3, 0.4) is 0 Å². The fraction of sp³-hybridized carbons (Fsp3) is 0.646. The highest BCUT2D eigenvalue weighted by Gasteiger charge is 2.42. The number of nitrogens with one attached hydrogen (secondary N) is 5. The van der Waals surface area contributed by atoms with E-state index < -0.39 is 0 Å². The van der Waals surface area contributed by atoms with E-state index in [1.54, 1.807) is 24.3 Å². The van der Waals surface area contributed by atoms with Crippen molar-refractivity contribution in [1.29, 1.82) is 0 Å². The van der Waals surface area contributed by atoms with Gasteiger partial charge in [0.15, 0.2) is 13.2 Å². The third kappa shape index (κ3) is 17.0. The number of amides is 5. The molecule has 2 aliphatic heterocycles. The normalized spacial score (nSPS) is 23.8. The van der Waals surface area contributed by atoms with Crippen molar-refractivity contribution in [2.24, 2.45) is 5.92 Å². The summed E-state index contributed by atoms with van der Waals surface area (Å²) in [5.74, 6) is 3.16. The molecule has 0 aromatic heterocycles. The first-order chi connectivity index (χ1) is 30.7. The predicted molar refractivity (Wildman–Crippen MR) is 246 cm³/mol. The van der Waals surface area contributed by atoms with Gasteiger partial charge in [-0.3, -0.25) is 19.2 Å². The quantitative estimate of drug-likeness (QED) is 0.0360. The number of rotatable bonds is 26. The van der Waals surface area contributed by atoms with Crippen molar-refractivity contribution >= 4 is 53.1 Å². The van der Waals surface area contributed by atoms with E-state index in [1.165, 1.54) is 31.2 Å². The number of urea groups is 1. The van der Waals surface area contributed by atoms with Gasteiger partial charge in [-0.1, -0.05) is 49.4 Å². The minimum Gasteiger partial charge on any atom is -0.484 e. The van der Waals surface area contributed by atoms with Gasteiger partial charge in [-0.2, -0.15) is 11.8 Å². The largest absolute Gasteiger partial charge is 0.484 e. The Hall–Kier alpha value is -4.17. The fourth-order valence-corrected chi connectivity index (χ4v) is 11.0. The highest BCUT2D eigenvalue weighted by molar-refractivity contribution is 8.00. The lowest BCUT2D eigenvalue weighted by Crippen LogP contribution is -2.45. The number of hydrogen-bond donors (Lipinski definition) is 5. The Balaban J connectivity index is 0.708. The summed E-state index contributed by atoms with van der Waals surface area (Å²) < 4.78 is 16.8. The lowest BCUT2D eigenvalue weighted by atomic mass is 9.91. The van der Waals surface area contributed by atoms with Crippen molar-refractivity contribution in [3.8, 4) is 11.5 Å². The van der Waals surface area contributed by atoms with Crippen molar-refractivity contribution in [2.45, 2.75) is 157 Å². The van der Waals surface area contributed by atoms with Gasteiger partial charge in [0.05, 0.1) is 18.7 Å². The van der Waals surface area contributed by atoms with Gasteiger partial charge in [0, 0.05) is 47.5 Å². The molecule has 0 radical (unpaired) electrons.